The SMILES string of the molecule is O=[N+]([O-])c1cc(C(F)(F)F)ccc1NNC(=S)Nc1ccccc1. The Morgan fingerprint density at radius 2 is 1.79 bits per heavy atom. The van der Waals surface area contributed by atoms with Crippen molar-refractivity contribution in [3.8, 4) is 0 Å². The number of anilines is 2. The number of nitrogens with zero attached hydrogens (tertiary/aromatic N) is 1. The van der Waals surface area contributed by atoms with Crippen LogP contribution in [0.2, 0.25) is 0 Å². The highest BCUT2D eigenvalue weighted by Gasteiger charge is 2.33. The van der Waals surface area contributed by atoms with Crippen molar-refractivity contribution in [2.75, 3.05) is 10.7 Å². The van der Waals surface area contributed by atoms with Gasteiger partial charge in [0.15, 0.2) is 5.11 Å². The third kappa shape index (κ3) is 4.56. The summed E-state index contributed by atoms with van der Waals surface area (Å²) in [4.78, 5) is 10.0. The van der Waals surface area contributed by atoms with Crippen molar-refractivity contribution >= 4 is 34.4 Å². The van der Waals surface area contributed by atoms with Gasteiger partial charge in [0, 0.05) is 11.8 Å². The van der Waals surface area contributed by atoms with E-state index in [1.165, 1.54) is 0 Å². The molecule has 0 heterocycles. The minimum atomic E-state index is -4.67. The van der Waals surface area contributed by atoms with Gasteiger partial charge in [-0.05, 0) is 36.5 Å². The van der Waals surface area contributed by atoms with Crippen molar-refractivity contribution in [1.82, 2.24) is 5.43 Å². The molecule has 0 fully saturated rings. The molecule has 0 aliphatic carbocycles. The molecule has 0 amide bonds. The van der Waals surface area contributed by atoms with Crippen LogP contribution in [-0.4, -0.2) is 10.0 Å². The molecule has 2 rings (SSSR count). The zero-order valence-electron chi connectivity index (χ0n) is 11.9. The third-order valence-electron chi connectivity index (χ3n) is 2.86. The average molecular weight is 356 g/mol. The lowest BCUT2D eigenvalue weighted by Crippen LogP contribution is -2.33. The van der Waals surface area contributed by atoms with Gasteiger partial charge in [-0.1, -0.05) is 18.2 Å². The Hall–Kier alpha value is -2.88. The number of alkyl halides is 3. The fourth-order valence-electron chi connectivity index (χ4n) is 1.77. The Bertz CT molecular complexity index is 753. The van der Waals surface area contributed by atoms with Crippen LogP contribution in [0, 0.1) is 10.1 Å². The number of nitrogens with one attached hydrogen (secondary N) is 3. The first-order valence-electron chi connectivity index (χ1n) is 6.51. The van der Waals surface area contributed by atoms with Crippen molar-refractivity contribution in [3.63, 3.8) is 0 Å². The van der Waals surface area contributed by atoms with E-state index < -0.39 is 22.4 Å². The molecule has 2 aromatic carbocycles. The molecule has 2 aromatic rings. The first-order chi connectivity index (χ1) is 11.3. The Morgan fingerprint density at radius 1 is 1.12 bits per heavy atom. The molecule has 6 nitrogen and oxygen atoms in total. The van der Waals surface area contributed by atoms with Gasteiger partial charge in [0.1, 0.15) is 5.69 Å². The van der Waals surface area contributed by atoms with Crippen LogP contribution in [0.1, 0.15) is 5.56 Å². The maximum absolute atomic E-state index is 12.6. The molecule has 0 aliphatic heterocycles. The Balaban J connectivity index is 2.09. The van der Waals surface area contributed by atoms with E-state index in [0.29, 0.717) is 11.8 Å². The summed E-state index contributed by atoms with van der Waals surface area (Å²) in [7, 11) is 0. The van der Waals surface area contributed by atoms with E-state index in [2.05, 4.69) is 16.2 Å². The summed E-state index contributed by atoms with van der Waals surface area (Å²) in [6, 6.07) is 11.0. The van der Waals surface area contributed by atoms with E-state index in [-0.39, 0.29) is 10.8 Å². The van der Waals surface area contributed by atoms with Crippen molar-refractivity contribution < 1.29 is 18.1 Å². The summed E-state index contributed by atoms with van der Waals surface area (Å²) in [5.74, 6) is 0. The van der Waals surface area contributed by atoms with Crippen LogP contribution >= 0.6 is 12.2 Å². The highest BCUT2D eigenvalue weighted by atomic mass is 32.1. The normalized spacial score (nSPS) is 10.8. The highest BCUT2D eigenvalue weighted by molar-refractivity contribution is 7.80. The minimum absolute atomic E-state index is 0.0930. The van der Waals surface area contributed by atoms with Gasteiger partial charge in [-0.15, -0.1) is 0 Å². The second-order valence-electron chi connectivity index (χ2n) is 4.56. The van der Waals surface area contributed by atoms with Crippen LogP contribution in [-0.2, 0) is 6.18 Å². The Kier molecular flexibility index (Phi) is 5.19. The molecule has 24 heavy (non-hydrogen) atoms. The predicted molar refractivity (Wildman–Crippen MR) is 87.5 cm³/mol. The van der Waals surface area contributed by atoms with Crippen LogP contribution in [0.5, 0.6) is 0 Å². The zero-order valence-corrected chi connectivity index (χ0v) is 12.7. The van der Waals surface area contributed by atoms with Crippen LogP contribution < -0.4 is 16.2 Å². The molecule has 0 atom stereocenters. The minimum Gasteiger partial charge on any atom is -0.331 e. The van der Waals surface area contributed by atoms with Crippen molar-refractivity contribution in [3.05, 3.63) is 64.2 Å². The molecule has 0 aromatic heterocycles. The molecule has 10 heteroatoms. The summed E-state index contributed by atoms with van der Waals surface area (Å²) >= 11 is 4.99. The van der Waals surface area contributed by atoms with Gasteiger partial charge in [-0.2, -0.15) is 13.2 Å². The standard InChI is InChI=1S/C14H11F3N4O2S/c15-14(16,17)9-6-7-11(12(8-9)21(22)23)19-20-13(24)18-10-4-2-1-3-5-10/h1-8,19H,(H2,18,20,24). The predicted octanol–water partition coefficient (Wildman–Crippen LogP) is 3.93. The van der Waals surface area contributed by atoms with Crippen molar-refractivity contribution in [2.45, 2.75) is 6.18 Å². The largest absolute Gasteiger partial charge is 0.416 e. The van der Waals surface area contributed by atoms with E-state index in [0.717, 1.165) is 12.1 Å². The molecule has 0 radical (unpaired) electrons. The number of hydrazine groups is 1. The zero-order chi connectivity index (χ0) is 17.7. The molecule has 0 aliphatic rings. The summed E-state index contributed by atoms with van der Waals surface area (Å²) in [6.45, 7) is 0. The van der Waals surface area contributed by atoms with E-state index in [1.807, 2.05) is 6.07 Å². The summed E-state index contributed by atoms with van der Waals surface area (Å²) in [5.41, 5.74) is 3.62. The maximum Gasteiger partial charge on any atom is 0.416 e. The molecular weight excluding hydrogens is 345 g/mol. The first kappa shape index (κ1) is 17.5. The lowest BCUT2D eigenvalue weighted by Gasteiger charge is -2.13. The Morgan fingerprint density at radius 3 is 2.38 bits per heavy atom. The van der Waals surface area contributed by atoms with Gasteiger partial charge in [-0.3, -0.25) is 21.0 Å². The van der Waals surface area contributed by atoms with Crippen LogP contribution in [0.25, 0.3) is 0 Å². The van der Waals surface area contributed by atoms with E-state index in [1.54, 1.807) is 24.3 Å². The Labute approximate surface area is 139 Å². The lowest BCUT2D eigenvalue weighted by atomic mass is 10.1. The average Bonchev–Trinajstić information content (AvgIpc) is 2.52. The number of rotatable bonds is 4. The monoisotopic (exact) mass is 356 g/mol. The van der Waals surface area contributed by atoms with Gasteiger partial charge in [-0.25, -0.2) is 0 Å². The molecule has 3 N–H and O–H groups in total. The fourth-order valence-corrected chi connectivity index (χ4v) is 1.94. The van der Waals surface area contributed by atoms with Crippen LogP contribution in [0.4, 0.5) is 30.2 Å². The molecule has 0 spiro atoms. The van der Waals surface area contributed by atoms with Gasteiger partial charge in [0.25, 0.3) is 5.69 Å². The van der Waals surface area contributed by atoms with Crippen LogP contribution in [0.15, 0.2) is 48.5 Å². The number of benzene rings is 2. The van der Waals surface area contributed by atoms with Gasteiger partial charge < -0.3 is 5.32 Å². The van der Waals surface area contributed by atoms with Crippen molar-refractivity contribution in [2.24, 2.45) is 0 Å². The number of hydrogen-bond acceptors (Lipinski definition) is 4. The van der Waals surface area contributed by atoms with Gasteiger partial charge in [0.2, 0.25) is 0 Å². The molecule has 0 bridgehead atoms. The summed E-state index contributed by atoms with van der Waals surface area (Å²) in [6.07, 6.45) is -4.67. The summed E-state index contributed by atoms with van der Waals surface area (Å²) in [5, 5.41) is 13.9. The summed E-state index contributed by atoms with van der Waals surface area (Å²) < 4.78 is 37.9. The molecular formula is C14H11F3N4O2S. The quantitative estimate of drug-likeness (QED) is 0.438. The fraction of sp³-hybridized carbons (Fsp3) is 0.0714. The van der Waals surface area contributed by atoms with Crippen LogP contribution in [0.3, 0.4) is 0 Å². The molecule has 0 unspecified atom stereocenters. The van der Waals surface area contributed by atoms with E-state index in [4.69, 9.17) is 12.2 Å². The smallest absolute Gasteiger partial charge is 0.331 e. The lowest BCUT2D eigenvalue weighted by molar-refractivity contribution is -0.384. The van der Waals surface area contributed by atoms with E-state index >= 15 is 0 Å². The number of halogens is 3. The third-order valence-corrected chi connectivity index (χ3v) is 3.07. The molecule has 126 valence electrons. The van der Waals surface area contributed by atoms with E-state index in [9.17, 15) is 23.3 Å². The second-order valence-corrected chi connectivity index (χ2v) is 4.97. The second kappa shape index (κ2) is 7.13. The topological polar surface area (TPSA) is 79.2 Å². The number of thiocarbonyl (C=S) groups is 1. The maximum atomic E-state index is 12.6. The number of hydrogen-bond donors (Lipinski definition) is 3. The van der Waals surface area contributed by atoms with Crippen molar-refractivity contribution in [1.29, 1.82) is 0 Å². The number of nitro groups is 1. The molecule has 0 saturated heterocycles. The van der Waals surface area contributed by atoms with Gasteiger partial charge >= 0.3 is 6.18 Å². The number of nitro benzene ring substituents is 1. The highest BCUT2D eigenvalue weighted by Crippen LogP contribution is 2.34. The van der Waals surface area contributed by atoms with Gasteiger partial charge in [0.05, 0.1) is 10.5 Å². The molecule has 0 saturated carbocycles. The number of para-hydroxylation sites is 1. The first-order valence-corrected chi connectivity index (χ1v) is 6.92.